The van der Waals surface area contributed by atoms with Gasteiger partial charge in [0.05, 0.1) is 18.0 Å². The van der Waals surface area contributed by atoms with Gasteiger partial charge >= 0.3 is 6.09 Å². The maximum atomic E-state index is 13.1. The molecule has 3 amide bonds. The molecule has 3 heterocycles. The van der Waals surface area contributed by atoms with E-state index in [-0.39, 0.29) is 24.4 Å². The second-order valence-electron chi connectivity index (χ2n) is 9.17. The lowest BCUT2D eigenvalue weighted by Gasteiger charge is -2.35. The zero-order chi connectivity index (χ0) is 28.1. The first kappa shape index (κ1) is 28.0. The van der Waals surface area contributed by atoms with E-state index < -0.39 is 11.9 Å². The number of amides is 3. The molecule has 12 nitrogen and oxygen atoms in total. The zero-order valence-corrected chi connectivity index (χ0v) is 23.1. The molecule has 1 aromatic carbocycles. The summed E-state index contributed by atoms with van der Waals surface area (Å²) < 4.78 is 13.9. The van der Waals surface area contributed by atoms with Crippen molar-refractivity contribution in [3.63, 3.8) is 0 Å². The Morgan fingerprint density at radius 2 is 1.79 bits per heavy atom. The molecule has 1 aliphatic heterocycles. The van der Waals surface area contributed by atoms with Crippen LogP contribution >= 0.6 is 11.6 Å². The summed E-state index contributed by atoms with van der Waals surface area (Å²) in [7, 11) is 0. The summed E-state index contributed by atoms with van der Waals surface area (Å²) >= 11 is 5.98. The number of carbonyl (C=O) groups excluding carboxylic acids is 3. The normalized spacial score (nSPS) is 14.2. The standard InChI is InChI=1S/C26H32ClN7O5/c1-5-38-26(37)32-12-10-31(11-13-32)25(36)19(4)34-15-22(18(3)29-34)28-24(35)21-8-9-33(30-21)16-39-23-7-6-20(27)14-17(23)2/h6-9,14-15,19H,5,10-13,16H2,1-4H3,(H,28,35). The van der Waals surface area contributed by atoms with Crippen molar-refractivity contribution in [2.45, 2.75) is 40.5 Å². The predicted octanol–water partition coefficient (Wildman–Crippen LogP) is 3.50. The Morgan fingerprint density at radius 1 is 1.08 bits per heavy atom. The molecule has 4 rings (SSSR count). The molecule has 1 unspecified atom stereocenters. The number of aromatic nitrogens is 4. The highest BCUT2D eigenvalue weighted by molar-refractivity contribution is 6.30. The number of halogens is 1. The fourth-order valence-corrected chi connectivity index (χ4v) is 4.38. The average Bonchev–Trinajstić information content (AvgIpc) is 3.54. The third-order valence-corrected chi connectivity index (χ3v) is 6.63. The number of benzene rings is 1. The van der Waals surface area contributed by atoms with Crippen LogP contribution in [0.4, 0.5) is 10.5 Å². The number of hydrogen-bond acceptors (Lipinski definition) is 7. The molecule has 13 heteroatoms. The Morgan fingerprint density at radius 3 is 2.49 bits per heavy atom. The number of nitrogens with one attached hydrogen (secondary N) is 1. The number of anilines is 1. The van der Waals surface area contributed by atoms with Gasteiger partial charge in [-0.1, -0.05) is 11.6 Å². The number of rotatable bonds is 8. The molecule has 0 saturated carbocycles. The van der Waals surface area contributed by atoms with Gasteiger partial charge in [0.15, 0.2) is 12.4 Å². The summed E-state index contributed by atoms with van der Waals surface area (Å²) in [5.74, 6) is 0.148. The van der Waals surface area contributed by atoms with Gasteiger partial charge in [0.25, 0.3) is 5.91 Å². The highest BCUT2D eigenvalue weighted by Gasteiger charge is 2.29. The van der Waals surface area contributed by atoms with Crippen LogP contribution in [0.5, 0.6) is 5.75 Å². The fraction of sp³-hybridized carbons (Fsp3) is 0.423. The van der Waals surface area contributed by atoms with Gasteiger partial charge < -0.3 is 24.6 Å². The van der Waals surface area contributed by atoms with Crippen molar-refractivity contribution >= 4 is 35.2 Å². The van der Waals surface area contributed by atoms with Crippen molar-refractivity contribution in [2.75, 3.05) is 38.1 Å². The molecule has 208 valence electrons. The van der Waals surface area contributed by atoms with E-state index in [9.17, 15) is 14.4 Å². The minimum Gasteiger partial charge on any atom is -0.471 e. The largest absolute Gasteiger partial charge is 0.471 e. The molecule has 39 heavy (non-hydrogen) atoms. The molecular formula is C26H32ClN7O5. The van der Waals surface area contributed by atoms with Crippen LogP contribution in [0.3, 0.4) is 0 Å². The minimum atomic E-state index is -0.587. The van der Waals surface area contributed by atoms with E-state index in [1.54, 1.807) is 61.2 Å². The molecule has 2 aromatic heterocycles. The molecule has 0 radical (unpaired) electrons. The first-order valence-electron chi connectivity index (χ1n) is 12.7. The quantitative estimate of drug-likeness (QED) is 0.449. The summed E-state index contributed by atoms with van der Waals surface area (Å²) in [6, 6.07) is 6.34. The number of carbonyl (C=O) groups is 3. The van der Waals surface area contributed by atoms with E-state index >= 15 is 0 Å². The van der Waals surface area contributed by atoms with Crippen molar-refractivity contribution < 1.29 is 23.9 Å². The third kappa shape index (κ3) is 6.69. The van der Waals surface area contributed by atoms with Gasteiger partial charge in [0.2, 0.25) is 5.91 Å². The molecule has 1 aliphatic rings. The van der Waals surface area contributed by atoms with Crippen molar-refractivity contribution in [1.82, 2.24) is 29.4 Å². The second-order valence-corrected chi connectivity index (χ2v) is 9.61. The molecular weight excluding hydrogens is 526 g/mol. The lowest BCUT2D eigenvalue weighted by molar-refractivity contribution is -0.136. The topological polar surface area (TPSA) is 124 Å². The Labute approximate surface area is 231 Å². The van der Waals surface area contributed by atoms with Crippen LogP contribution < -0.4 is 10.1 Å². The lowest BCUT2D eigenvalue weighted by atomic mass is 10.2. The van der Waals surface area contributed by atoms with Crippen LogP contribution in [0.15, 0.2) is 36.7 Å². The van der Waals surface area contributed by atoms with Crippen LogP contribution in [-0.2, 0) is 16.3 Å². The van der Waals surface area contributed by atoms with Gasteiger partial charge in [0.1, 0.15) is 11.8 Å². The van der Waals surface area contributed by atoms with Gasteiger partial charge in [-0.3, -0.25) is 14.3 Å². The van der Waals surface area contributed by atoms with Crippen LogP contribution in [0.1, 0.15) is 41.6 Å². The van der Waals surface area contributed by atoms with Crippen LogP contribution in [-0.4, -0.2) is 80.1 Å². The van der Waals surface area contributed by atoms with Gasteiger partial charge in [-0.25, -0.2) is 9.48 Å². The summed E-state index contributed by atoms with van der Waals surface area (Å²) in [6.07, 6.45) is 2.92. The van der Waals surface area contributed by atoms with Gasteiger partial charge in [-0.2, -0.15) is 10.2 Å². The number of hydrogen-bond donors (Lipinski definition) is 1. The predicted molar refractivity (Wildman–Crippen MR) is 144 cm³/mol. The van der Waals surface area contributed by atoms with E-state index in [4.69, 9.17) is 21.1 Å². The van der Waals surface area contributed by atoms with E-state index in [1.807, 2.05) is 13.0 Å². The fourth-order valence-electron chi connectivity index (χ4n) is 4.16. The number of aryl methyl sites for hydroxylation is 2. The van der Waals surface area contributed by atoms with Crippen LogP contribution in [0.25, 0.3) is 0 Å². The maximum absolute atomic E-state index is 13.1. The first-order chi connectivity index (χ1) is 18.7. The Hall–Kier alpha value is -4.06. The molecule has 1 saturated heterocycles. The molecule has 0 bridgehead atoms. The number of piperazine rings is 1. The van der Waals surface area contributed by atoms with Gasteiger partial charge in [-0.05, 0) is 57.5 Å². The average molecular weight is 558 g/mol. The Balaban J connectivity index is 1.32. The van der Waals surface area contributed by atoms with E-state index in [0.29, 0.717) is 54.9 Å². The second kappa shape index (κ2) is 12.2. The van der Waals surface area contributed by atoms with Crippen molar-refractivity contribution in [1.29, 1.82) is 0 Å². The number of ether oxygens (including phenoxy) is 2. The third-order valence-electron chi connectivity index (χ3n) is 6.40. The molecule has 0 aliphatic carbocycles. The van der Waals surface area contributed by atoms with Crippen LogP contribution in [0, 0.1) is 13.8 Å². The van der Waals surface area contributed by atoms with Crippen molar-refractivity contribution in [3.8, 4) is 5.75 Å². The molecule has 1 atom stereocenters. The van der Waals surface area contributed by atoms with E-state index in [0.717, 1.165) is 5.56 Å². The lowest BCUT2D eigenvalue weighted by Crippen LogP contribution is -2.52. The zero-order valence-electron chi connectivity index (χ0n) is 22.4. The van der Waals surface area contributed by atoms with Crippen LogP contribution in [0.2, 0.25) is 5.02 Å². The molecule has 3 aromatic rings. The van der Waals surface area contributed by atoms with E-state index in [1.165, 1.54) is 9.36 Å². The monoisotopic (exact) mass is 557 g/mol. The molecule has 0 spiro atoms. The number of nitrogens with zero attached hydrogens (tertiary/aromatic N) is 6. The van der Waals surface area contributed by atoms with Crippen molar-refractivity contribution in [3.05, 3.63) is 58.6 Å². The summed E-state index contributed by atoms with van der Waals surface area (Å²) in [6.45, 7) is 9.24. The highest BCUT2D eigenvalue weighted by atomic mass is 35.5. The smallest absolute Gasteiger partial charge is 0.409 e. The summed E-state index contributed by atoms with van der Waals surface area (Å²) in [4.78, 5) is 41.1. The molecule has 1 N–H and O–H groups in total. The Kier molecular flexibility index (Phi) is 8.75. The van der Waals surface area contributed by atoms with E-state index in [2.05, 4.69) is 15.5 Å². The summed E-state index contributed by atoms with van der Waals surface area (Å²) in [5, 5.41) is 12.2. The Bertz CT molecular complexity index is 1350. The van der Waals surface area contributed by atoms with Gasteiger partial charge in [-0.15, -0.1) is 0 Å². The maximum Gasteiger partial charge on any atom is 0.409 e. The highest BCUT2D eigenvalue weighted by Crippen LogP contribution is 2.22. The molecule has 1 fully saturated rings. The van der Waals surface area contributed by atoms with Crippen molar-refractivity contribution in [2.24, 2.45) is 0 Å². The SMILES string of the molecule is CCOC(=O)N1CCN(C(=O)C(C)n2cc(NC(=O)c3ccn(COc4ccc(Cl)cc4C)n3)c(C)n2)CC1. The minimum absolute atomic E-state index is 0.117. The first-order valence-corrected chi connectivity index (χ1v) is 13.0. The van der Waals surface area contributed by atoms with Gasteiger partial charge in [0, 0.05) is 43.6 Å². The summed E-state index contributed by atoms with van der Waals surface area (Å²) in [5.41, 5.74) is 2.15.